The second kappa shape index (κ2) is 4.43. The van der Waals surface area contributed by atoms with Gasteiger partial charge in [-0.15, -0.1) is 5.10 Å². The first-order chi connectivity index (χ1) is 7.75. The Kier molecular flexibility index (Phi) is 2.81. The quantitative estimate of drug-likeness (QED) is 0.722. The van der Waals surface area contributed by atoms with Crippen LogP contribution >= 0.6 is 0 Å². The average Bonchev–Trinajstić information content (AvgIpc) is 2.80. The zero-order valence-electron chi connectivity index (χ0n) is 8.34. The Labute approximate surface area is 91.3 Å². The zero-order chi connectivity index (χ0) is 11.4. The molecule has 0 saturated heterocycles. The number of rotatable bonds is 3. The number of hydrogen-bond acceptors (Lipinski definition) is 3. The molecule has 0 fully saturated rings. The molecule has 1 aromatic carbocycles. The van der Waals surface area contributed by atoms with E-state index >= 15 is 0 Å². The van der Waals surface area contributed by atoms with E-state index in [9.17, 15) is 4.79 Å². The molecule has 0 bridgehead atoms. The number of nitrogens with zero attached hydrogens (tertiary/aromatic N) is 2. The second-order valence-corrected chi connectivity index (χ2v) is 3.23. The van der Waals surface area contributed by atoms with Gasteiger partial charge in [0.15, 0.2) is 0 Å². The molecule has 6 heteroatoms. The van der Waals surface area contributed by atoms with E-state index in [4.69, 9.17) is 5.11 Å². The van der Waals surface area contributed by atoms with E-state index in [1.807, 2.05) is 24.3 Å². The van der Waals surface area contributed by atoms with Gasteiger partial charge < -0.3 is 10.4 Å². The third-order valence-electron chi connectivity index (χ3n) is 2.10. The fourth-order valence-electron chi connectivity index (χ4n) is 1.36. The molecule has 0 aliphatic rings. The number of carboxylic acid groups (broad SMARTS) is 1. The molecule has 6 nitrogen and oxygen atoms in total. The third-order valence-corrected chi connectivity index (χ3v) is 2.10. The second-order valence-electron chi connectivity index (χ2n) is 3.23. The molecule has 2 aromatic rings. The van der Waals surface area contributed by atoms with Gasteiger partial charge in [-0.2, -0.15) is 0 Å². The summed E-state index contributed by atoms with van der Waals surface area (Å²) in [6.07, 6.45) is 0.581. The van der Waals surface area contributed by atoms with Crippen LogP contribution in [0, 0.1) is 0 Å². The topological polar surface area (TPSA) is 90.9 Å². The fraction of sp³-hybridized carbons (Fsp3) is 0.100. The molecule has 82 valence electrons. The van der Waals surface area contributed by atoms with Crippen molar-refractivity contribution in [2.75, 3.05) is 0 Å². The number of benzene rings is 1. The summed E-state index contributed by atoms with van der Waals surface area (Å²) in [5, 5.41) is 20.9. The highest BCUT2D eigenvalue weighted by atomic mass is 16.4. The number of hydrogen-bond donors (Lipinski definition) is 3. The van der Waals surface area contributed by atoms with Gasteiger partial charge in [0.2, 0.25) is 0 Å². The van der Waals surface area contributed by atoms with Crippen LogP contribution in [0.1, 0.15) is 5.56 Å². The molecule has 0 spiro atoms. The molecule has 0 saturated carbocycles. The van der Waals surface area contributed by atoms with Crippen LogP contribution in [0.4, 0.5) is 4.79 Å². The molecule has 1 heterocycles. The molecule has 0 aliphatic heterocycles. The van der Waals surface area contributed by atoms with Crippen molar-refractivity contribution in [3.05, 3.63) is 36.0 Å². The molecule has 0 atom stereocenters. The summed E-state index contributed by atoms with van der Waals surface area (Å²) in [4.78, 5) is 10.3. The molecule has 0 unspecified atom stereocenters. The minimum absolute atomic E-state index is 0.282. The predicted octanol–water partition coefficient (Wildman–Crippen LogP) is 1.24. The van der Waals surface area contributed by atoms with E-state index in [0.717, 1.165) is 16.8 Å². The van der Waals surface area contributed by atoms with Gasteiger partial charge >= 0.3 is 6.09 Å². The Morgan fingerprint density at radius 3 is 3.06 bits per heavy atom. The van der Waals surface area contributed by atoms with Crippen molar-refractivity contribution in [3.63, 3.8) is 0 Å². The molecule has 0 aliphatic carbocycles. The van der Waals surface area contributed by atoms with Gasteiger partial charge in [0.05, 0.1) is 11.9 Å². The van der Waals surface area contributed by atoms with Gasteiger partial charge in [0, 0.05) is 12.1 Å². The number of carbonyl (C=O) groups is 1. The van der Waals surface area contributed by atoms with Crippen LogP contribution in [-0.2, 0) is 6.54 Å². The van der Waals surface area contributed by atoms with Crippen molar-refractivity contribution >= 4 is 6.09 Å². The monoisotopic (exact) mass is 218 g/mol. The van der Waals surface area contributed by atoms with E-state index in [-0.39, 0.29) is 6.54 Å². The average molecular weight is 218 g/mol. The van der Waals surface area contributed by atoms with Crippen LogP contribution < -0.4 is 5.32 Å². The summed E-state index contributed by atoms with van der Waals surface area (Å²) in [6, 6.07) is 7.49. The van der Waals surface area contributed by atoms with Crippen molar-refractivity contribution in [1.82, 2.24) is 20.7 Å². The van der Waals surface area contributed by atoms with Gasteiger partial charge in [-0.3, -0.25) is 5.10 Å². The van der Waals surface area contributed by atoms with Crippen molar-refractivity contribution < 1.29 is 9.90 Å². The third kappa shape index (κ3) is 2.35. The normalized spacial score (nSPS) is 10.0. The van der Waals surface area contributed by atoms with Crippen molar-refractivity contribution in [1.29, 1.82) is 0 Å². The Morgan fingerprint density at radius 2 is 2.38 bits per heavy atom. The van der Waals surface area contributed by atoms with E-state index < -0.39 is 6.09 Å². The summed E-state index contributed by atoms with van der Waals surface area (Å²) in [5.74, 6) is 0. The Bertz CT molecular complexity index is 481. The molecule has 2 rings (SSSR count). The standard InChI is InChI=1S/C10H10N4O2/c15-10(16)11-5-7-2-1-3-8(4-7)9-6-12-14-13-9/h1-4,6,11H,5H2,(H,15,16)(H,12,13,14). The summed E-state index contributed by atoms with van der Waals surface area (Å²) in [7, 11) is 0. The molecule has 1 aromatic heterocycles. The molecule has 3 N–H and O–H groups in total. The number of aromatic nitrogens is 3. The smallest absolute Gasteiger partial charge is 0.404 e. The Hall–Kier alpha value is -2.37. The van der Waals surface area contributed by atoms with E-state index in [0.29, 0.717) is 0 Å². The number of amides is 1. The van der Waals surface area contributed by atoms with Gasteiger partial charge in [-0.05, 0) is 11.6 Å². The molecular formula is C10H10N4O2. The SMILES string of the molecule is O=C(O)NCc1cccc(-c2cnn[nH]2)c1. The van der Waals surface area contributed by atoms with E-state index in [1.54, 1.807) is 6.20 Å². The Morgan fingerprint density at radius 1 is 1.50 bits per heavy atom. The molecular weight excluding hydrogens is 208 g/mol. The highest BCUT2D eigenvalue weighted by Gasteiger charge is 2.01. The minimum Gasteiger partial charge on any atom is -0.465 e. The van der Waals surface area contributed by atoms with Crippen molar-refractivity contribution in [3.8, 4) is 11.3 Å². The number of nitrogens with one attached hydrogen (secondary N) is 2. The summed E-state index contributed by atoms with van der Waals surface area (Å²) >= 11 is 0. The Balaban J connectivity index is 2.17. The largest absolute Gasteiger partial charge is 0.465 e. The van der Waals surface area contributed by atoms with Gasteiger partial charge in [0.25, 0.3) is 0 Å². The maximum Gasteiger partial charge on any atom is 0.404 e. The first kappa shape index (κ1) is 10.2. The highest BCUT2D eigenvalue weighted by Crippen LogP contribution is 2.16. The van der Waals surface area contributed by atoms with E-state index in [2.05, 4.69) is 20.7 Å². The lowest BCUT2D eigenvalue weighted by Crippen LogP contribution is -2.19. The predicted molar refractivity (Wildman–Crippen MR) is 56.7 cm³/mol. The summed E-state index contributed by atoms with van der Waals surface area (Å²) in [6.45, 7) is 0.282. The van der Waals surface area contributed by atoms with Gasteiger partial charge in [-0.25, -0.2) is 4.79 Å². The molecule has 1 amide bonds. The first-order valence-electron chi connectivity index (χ1n) is 4.68. The van der Waals surface area contributed by atoms with Crippen LogP contribution in [0.3, 0.4) is 0 Å². The number of aromatic amines is 1. The van der Waals surface area contributed by atoms with Gasteiger partial charge in [0.1, 0.15) is 0 Å². The van der Waals surface area contributed by atoms with Crippen LogP contribution in [0.2, 0.25) is 0 Å². The van der Waals surface area contributed by atoms with Crippen LogP contribution in [0.25, 0.3) is 11.3 Å². The van der Waals surface area contributed by atoms with Crippen LogP contribution in [0.5, 0.6) is 0 Å². The van der Waals surface area contributed by atoms with E-state index in [1.165, 1.54) is 0 Å². The van der Waals surface area contributed by atoms with Crippen LogP contribution in [0.15, 0.2) is 30.5 Å². The lowest BCUT2D eigenvalue weighted by Gasteiger charge is -2.03. The lowest BCUT2D eigenvalue weighted by molar-refractivity contribution is 0.194. The van der Waals surface area contributed by atoms with Gasteiger partial charge in [-0.1, -0.05) is 23.4 Å². The minimum atomic E-state index is -1.03. The maximum atomic E-state index is 10.3. The zero-order valence-corrected chi connectivity index (χ0v) is 8.34. The van der Waals surface area contributed by atoms with Crippen molar-refractivity contribution in [2.45, 2.75) is 6.54 Å². The number of H-pyrrole nitrogens is 1. The van der Waals surface area contributed by atoms with Crippen molar-refractivity contribution in [2.24, 2.45) is 0 Å². The lowest BCUT2D eigenvalue weighted by atomic mass is 10.1. The highest BCUT2D eigenvalue weighted by molar-refractivity contribution is 5.64. The summed E-state index contributed by atoms with van der Waals surface area (Å²) < 4.78 is 0. The first-order valence-corrected chi connectivity index (χ1v) is 4.68. The maximum absolute atomic E-state index is 10.3. The summed E-state index contributed by atoms with van der Waals surface area (Å²) in [5.41, 5.74) is 2.61. The molecule has 0 radical (unpaired) electrons. The van der Waals surface area contributed by atoms with Crippen LogP contribution in [-0.4, -0.2) is 26.6 Å². The fourth-order valence-corrected chi connectivity index (χ4v) is 1.36. The molecule has 16 heavy (non-hydrogen) atoms.